The lowest BCUT2D eigenvalue weighted by Gasteiger charge is -2.04. The van der Waals surface area contributed by atoms with Crippen molar-refractivity contribution in [3.05, 3.63) is 63.7 Å². The monoisotopic (exact) mass is 300 g/mol. The average Bonchev–Trinajstić information content (AvgIpc) is 2.47. The number of rotatable bonds is 4. The van der Waals surface area contributed by atoms with Crippen molar-refractivity contribution in [3.8, 4) is 6.07 Å². The molecule has 2 rings (SSSR count). The minimum atomic E-state index is -1.07. The van der Waals surface area contributed by atoms with Crippen LogP contribution in [0.15, 0.2) is 52.3 Å². The molecule has 2 aromatic rings. The van der Waals surface area contributed by atoms with E-state index >= 15 is 0 Å². The van der Waals surface area contributed by atoms with Crippen LogP contribution in [-0.4, -0.2) is 16.0 Å². The van der Waals surface area contributed by atoms with Crippen molar-refractivity contribution in [2.75, 3.05) is 0 Å². The van der Waals surface area contributed by atoms with E-state index in [9.17, 15) is 14.9 Å². The highest BCUT2D eigenvalue weighted by molar-refractivity contribution is 7.99. The van der Waals surface area contributed by atoms with Gasteiger partial charge in [0.1, 0.15) is 0 Å². The first-order valence-corrected chi connectivity index (χ1v) is 6.52. The summed E-state index contributed by atoms with van der Waals surface area (Å²) in [5.41, 5.74) is 0.274. The third-order valence-corrected chi connectivity index (χ3v) is 3.63. The van der Waals surface area contributed by atoms with Crippen LogP contribution in [0.3, 0.4) is 0 Å². The molecule has 0 atom stereocenters. The van der Waals surface area contributed by atoms with E-state index in [1.165, 1.54) is 30.3 Å². The van der Waals surface area contributed by atoms with Crippen molar-refractivity contribution in [2.45, 2.75) is 9.79 Å². The molecule has 0 amide bonds. The summed E-state index contributed by atoms with van der Waals surface area (Å²) in [6.07, 6.45) is 0. The summed E-state index contributed by atoms with van der Waals surface area (Å²) in [6.45, 7) is 0. The van der Waals surface area contributed by atoms with Gasteiger partial charge in [-0.1, -0.05) is 17.8 Å². The highest BCUT2D eigenvalue weighted by Crippen LogP contribution is 2.35. The molecule has 21 heavy (non-hydrogen) atoms. The van der Waals surface area contributed by atoms with Crippen LogP contribution in [-0.2, 0) is 0 Å². The number of nitro groups is 1. The number of hydrogen-bond acceptors (Lipinski definition) is 5. The second kappa shape index (κ2) is 6.07. The zero-order chi connectivity index (χ0) is 15.4. The van der Waals surface area contributed by atoms with Crippen LogP contribution in [0, 0.1) is 21.4 Å². The summed E-state index contributed by atoms with van der Waals surface area (Å²) >= 11 is 1.05. The Kier molecular flexibility index (Phi) is 4.21. The maximum atomic E-state index is 11.0. The lowest BCUT2D eigenvalue weighted by Crippen LogP contribution is -1.95. The Hall–Kier alpha value is -2.85. The summed E-state index contributed by atoms with van der Waals surface area (Å²) in [4.78, 5) is 22.2. The van der Waals surface area contributed by atoms with E-state index in [-0.39, 0.29) is 11.3 Å². The van der Waals surface area contributed by atoms with Crippen molar-refractivity contribution in [1.29, 1.82) is 5.26 Å². The van der Waals surface area contributed by atoms with E-state index in [4.69, 9.17) is 10.4 Å². The molecule has 0 aliphatic carbocycles. The van der Waals surface area contributed by atoms with Crippen LogP contribution in [0.4, 0.5) is 5.69 Å². The van der Waals surface area contributed by atoms with E-state index in [1.807, 2.05) is 6.07 Å². The molecule has 0 spiro atoms. The standard InChI is InChI=1S/C14H8N2O4S/c15-8-9-4-5-12(16(19)20)13(6-9)21-11-3-1-2-10(7-11)14(17)18/h1-7H,(H,17,18). The van der Waals surface area contributed by atoms with Crippen molar-refractivity contribution in [3.63, 3.8) is 0 Å². The minimum absolute atomic E-state index is 0.0964. The number of aromatic carboxylic acids is 1. The second-order valence-electron chi connectivity index (χ2n) is 3.99. The quantitative estimate of drug-likeness (QED) is 0.686. The maximum absolute atomic E-state index is 11.0. The van der Waals surface area contributed by atoms with Gasteiger partial charge in [0.25, 0.3) is 5.69 Å². The highest BCUT2D eigenvalue weighted by Gasteiger charge is 2.16. The molecule has 0 saturated heterocycles. The highest BCUT2D eigenvalue weighted by atomic mass is 32.2. The molecule has 104 valence electrons. The summed E-state index contributed by atoms with van der Waals surface area (Å²) in [7, 11) is 0. The lowest BCUT2D eigenvalue weighted by atomic mass is 10.2. The molecular weight excluding hydrogens is 292 g/mol. The molecule has 6 nitrogen and oxygen atoms in total. The number of nitrogens with zero attached hydrogens (tertiary/aromatic N) is 2. The van der Waals surface area contributed by atoms with Gasteiger partial charge in [0.15, 0.2) is 0 Å². The zero-order valence-corrected chi connectivity index (χ0v) is 11.3. The number of nitriles is 1. The number of benzene rings is 2. The van der Waals surface area contributed by atoms with Crippen LogP contribution in [0.25, 0.3) is 0 Å². The molecule has 0 unspecified atom stereocenters. The Bertz CT molecular complexity index is 768. The van der Waals surface area contributed by atoms with Gasteiger partial charge < -0.3 is 5.11 Å². The molecular formula is C14H8N2O4S. The predicted octanol–water partition coefficient (Wildman–Crippen LogP) is 3.32. The summed E-state index contributed by atoms with van der Waals surface area (Å²) < 4.78 is 0. The fourth-order valence-electron chi connectivity index (χ4n) is 1.64. The predicted molar refractivity (Wildman–Crippen MR) is 75.3 cm³/mol. The first kappa shape index (κ1) is 14.6. The van der Waals surface area contributed by atoms with Gasteiger partial charge in [-0.25, -0.2) is 4.79 Å². The first-order valence-electron chi connectivity index (χ1n) is 5.71. The molecule has 0 fully saturated rings. The van der Waals surface area contributed by atoms with E-state index in [1.54, 1.807) is 12.1 Å². The van der Waals surface area contributed by atoms with Crippen LogP contribution in [0.2, 0.25) is 0 Å². The number of carbonyl (C=O) groups is 1. The van der Waals surface area contributed by atoms with Gasteiger partial charge in [-0.2, -0.15) is 5.26 Å². The van der Waals surface area contributed by atoms with Gasteiger partial charge >= 0.3 is 5.97 Å². The van der Waals surface area contributed by atoms with Crippen LogP contribution < -0.4 is 0 Å². The summed E-state index contributed by atoms with van der Waals surface area (Å²) in [5.74, 6) is -1.07. The van der Waals surface area contributed by atoms with E-state index < -0.39 is 10.9 Å². The molecule has 0 bridgehead atoms. The molecule has 2 aromatic carbocycles. The number of carboxylic acids is 1. The van der Waals surface area contributed by atoms with Crippen LogP contribution in [0.5, 0.6) is 0 Å². The zero-order valence-electron chi connectivity index (χ0n) is 10.5. The fraction of sp³-hybridized carbons (Fsp3) is 0. The number of nitro benzene ring substituents is 1. The smallest absolute Gasteiger partial charge is 0.335 e. The van der Waals surface area contributed by atoms with Gasteiger partial charge in [0.05, 0.1) is 27.0 Å². The van der Waals surface area contributed by atoms with Gasteiger partial charge in [-0.3, -0.25) is 10.1 Å². The fourth-order valence-corrected chi connectivity index (χ4v) is 2.66. The van der Waals surface area contributed by atoms with Gasteiger partial charge in [0.2, 0.25) is 0 Å². The average molecular weight is 300 g/mol. The molecule has 0 saturated carbocycles. The topological polar surface area (TPSA) is 104 Å². The van der Waals surface area contributed by atoms with Crippen molar-refractivity contribution < 1.29 is 14.8 Å². The van der Waals surface area contributed by atoms with Gasteiger partial charge in [-0.05, 0) is 30.3 Å². The third-order valence-electron chi connectivity index (χ3n) is 2.59. The van der Waals surface area contributed by atoms with E-state index in [0.717, 1.165) is 11.8 Å². The summed E-state index contributed by atoms with van der Waals surface area (Å²) in [5, 5.41) is 28.8. The largest absolute Gasteiger partial charge is 0.478 e. The maximum Gasteiger partial charge on any atom is 0.335 e. The Labute approximate surface area is 123 Å². The minimum Gasteiger partial charge on any atom is -0.478 e. The molecule has 0 radical (unpaired) electrons. The van der Waals surface area contributed by atoms with Crippen molar-refractivity contribution in [1.82, 2.24) is 0 Å². The molecule has 0 aliphatic rings. The molecule has 1 N–H and O–H groups in total. The molecule has 7 heteroatoms. The Morgan fingerprint density at radius 2 is 2.05 bits per heavy atom. The molecule has 0 heterocycles. The second-order valence-corrected chi connectivity index (χ2v) is 5.10. The van der Waals surface area contributed by atoms with Crippen LogP contribution in [0.1, 0.15) is 15.9 Å². The molecule has 0 aromatic heterocycles. The lowest BCUT2D eigenvalue weighted by molar-refractivity contribution is -0.387. The van der Waals surface area contributed by atoms with E-state index in [0.29, 0.717) is 15.4 Å². The first-order chi connectivity index (χ1) is 10.0. The van der Waals surface area contributed by atoms with E-state index in [2.05, 4.69) is 0 Å². The SMILES string of the molecule is N#Cc1ccc([N+](=O)[O-])c(Sc2cccc(C(=O)O)c2)c1. The van der Waals surface area contributed by atoms with Gasteiger partial charge in [-0.15, -0.1) is 0 Å². The Balaban J connectivity index is 2.43. The molecule has 0 aliphatic heterocycles. The number of hydrogen-bond donors (Lipinski definition) is 1. The summed E-state index contributed by atoms with van der Waals surface area (Å²) in [6, 6.07) is 12.0. The van der Waals surface area contributed by atoms with Crippen molar-refractivity contribution >= 4 is 23.4 Å². The third kappa shape index (κ3) is 3.38. The van der Waals surface area contributed by atoms with Crippen LogP contribution >= 0.6 is 11.8 Å². The van der Waals surface area contributed by atoms with Crippen molar-refractivity contribution in [2.24, 2.45) is 0 Å². The Morgan fingerprint density at radius 3 is 2.67 bits per heavy atom. The normalized spacial score (nSPS) is 9.86. The van der Waals surface area contributed by atoms with Gasteiger partial charge in [0, 0.05) is 11.0 Å². The number of carboxylic acid groups (broad SMARTS) is 1. The Morgan fingerprint density at radius 1 is 1.29 bits per heavy atom.